The summed E-state index contributed by atoms with van der Waals surface area (Å²) in [5, 5.41) is 14.6. The highest BCUT2D eigenvalue weighted by atomic mass is 16.5. The minimum Gasteiger partial charge on any atom is -0.495 e. The van der Waals surface area contributed by atoms with Crippen LogP contribution in [0.25, 0.3) is 0 Å². The molecule has 5 atom stereocenters. The lowest BCUT2D eigenvalue weighted by atomic mass is 9.53. The van der Waals surface area contributed by atoms with Gasteiger partial charge in [-0.05, 0) is 79.5 Å². The molecule has 1 aliphatic heterocycles. The average molecular weight is 395 g/mol. The van der Waals surface area contributed by atoms with Gasteiger partial charge in [0.1, 0.15) is 11.4 Å². The lowest BCUT2D eigenvalue weighted by molar-refractivity contribution is -0.0646. The van der Waals surface area contributed by atoms with Gasteiger partial charge >= 0.3 is 0 Å². The van der Waals surface area contributed by atoms with Crippen molar-refractivity contribution in [3.05, 3.63) is 23.3 Å². The molecule has 1 saturated heterocycles. The largest absolute Gasteiger partial charge is 0.495 e. The molecule has 29 heavy (non-hydrogen) atoms. The van der Waals surface area contributed by atoms with Gasteiger partial charge in [-0.25, -0.2) is 0 Å². The van der Waals surface area contributed by atoms with Crippen LogP contribution in [0.2, 0.25) is 0 Å². The average Bonchev–Trinajstić information content (AvgIpc) is 3.04. The van der Waals surface area contributed by atoms with Crippen molar-refractivity contribution in [2.24, 2.45) is 17.3 Å². The van der Waals surface area contributed by atoms with E-state index in [0.29, 0.717) is 17.8 Å². The molecule has 4 nitrogen and oxygen atoms in total. The number of aliphatic hydroxyl groups is 1. The number of hydrogen-bond acceptors (Lipinski definition) is 4. The van der Waals surface area contributed by atoms with E-state index >= 15 is 0 Å². The molecule has 0 unspecified atom stereocenters. The molecule has 1 aromatic carbocycles. The van der Waals surface area contributed by atoms with E-state index < -0.39 is 5.60 Å². The molecule has 1 aromatic rings. The number of nitrogens with zero attached hydrogens (tertiary/aromatic N) is 1. The number of aryl methyl sites for hydroxylation is 1. The summed E-state index contributed by atoms with van der Waals surface area (Å²) in [5.41, 5.74) is 3.21. The summed E-state index contributed by atoms with van der Waals surface area (Å²) in [7, 11) is 1.80. The number of terminal acetylenes is 1. The third-order valence-corrected chi connectivity index (χ3v) is 8.87. The van der Waals surface area contributed by atoms with Crippen molar-refractivity contribution in [1.29, 1.82) is 0 Å². The minimum atomic E-state index is -0.922. The molecule has 156 valence electrons. The Balaban J connectivity index is 1.51. The molecular formula is C25H34N2O2. The zero-order valence-electron chi connectivity index (χ0n) is 17.8. The molecule has 2 saturated carbocycles. The molecule has 5 rings (SSSR count). The molecular weight excluding hydrogens is 360 g/mol. The van der Waals surface area contributed by atoms with Crippen molar-refractivity contribution in [3.8, 4) is 18.1 Å². The summed E-state index contributed by atoms with van der Waals surface area (Å²) in [4.78, 5) is 2.47. The number of rotatable bonds is 2. The Morgan fingerprint density at radius 3 is 2.72 bits per heavy atom. The molecule has 3 aliphatic carbocycles. The van der Waals surface area contributed by atoms with Crippen molar-refractivity contribution < 1.29 is 9.84 Å². The number of benzene rings is 1. The van der Waals surface area contributed by atoms with Crippen LogP contribution in [0, 0.1) is 29.6 Å². The second-order valence-electron chi connectivity index (χ2n) is 9.87. The zero-order valence-corrected chi connectivity index (χ0v) is 17.8. The number of hydrogen-bond donors (Lipinski definition) is 2. The maximum absolute atomic E-state index is 11.2. The Labute approximate surface area is 175 Å². The van der Waals surface area contributed by atoms with Crippen LogP contribution in [0.5, 0.6) is 5.75 Å². The predicted molar refractivity (Wildman–Crippen MR) is 116 cm³/mol. The monoisotopic (exact) mass is 394 g/mol. The van der Waals surface area contributed by atoms with Crippen LogP contribution in [0.3, 0.4) is 0 Å². The highest BCUT2D eigenvalue weighted by molar-refractivity contribution is 5.63. The first-order valence-corrected chi connectivity index (χ1v) is 11.4. The van der Waals surface area contributed by atoms with Gasteiger partial charge < -0.3 is 20.1 Å². The van der Waals surface area contributed by atoms with E-state index in [2.05, 4.69) is 35.2 Å². The molecule has 4 heteroatoms. The summed E-state index contributed by atoms with van der Waals surface area (Å²) in [5.74, 6) is 5.56. The molecule has 2 N–H and O–H groups in total. The van der Waals surface area contributed by atoms with Crippen LogP contribution in [0.15, 0.2) is 12.1 Å². The van der Waals surface area contributed by atoms with E-state index in [9.17, 15) is 5.11 Å². The standard InChI is InChI=1S/C25H34N2O2/c1-4-25(28)10-8-21-19-6-5-17-15-23(29-3)22(27-13-11-26-12-14-27)16-20(17)18(19)7-9-24(21,25)2/h1,15-16,18-19,21,26,28H,5-14H2,2-3H3/t18-,19+,21-,24-,25+/m0/s1. The van der Waals surface area contributed by atoms with E-state index in [4.69, 9.17) is 11.2 Å². The van der Waals surface area contributed by atoms with Gasteiger partial charge in [0.25, 0.3) is 0 Å². The summed E-state index contributed by atoms with van der Waals surface area (Å²) in [6.45, 7) is 6.36. The molecule has 3 fully saturated rings. The first-order chi connectivity index (χ1) is 14.0. The van der Waals surface area contributed by atoms with E-state index in [1.54, 1.807) is 7.11 Å². The van der Waals surface area contributed by atoms with Gasteiger partial charge in [-0.2, -0.15) is 0 Å². The molecule has 0 radical (unpaired) electrons. The molecule has 0 spiro atoms. The van der Waals surface area contributed by atoms with Gasteiger partial charge in [-0.15, -0.1) is 6.42 Å². The zero-order chi connectivity index (χ0) is 20.2. The number of ether oxygens (including phenoxy) is 1. The molecule has 0 aromatic heterocycles. The van der Waals surface area contributed by atoms with Crippen molar-refractivity contribution in [2.75, 3.05) is 38.2 Å². The maximum Gasteiger partial charge on any atom is 0.142 e. The number of piperazine rings is 1. The third-order valence-electron chi connectivity index (χ3n) is 8.87. The van der Waals surface area contributed by atoms with Crippen molar-refractivity contribution in [1.82, 2.24) is 5.32 Å². The Morgan fingerprint density at radius 1 is 1.21 bits per heavy atom. The normalized spacial score (nSPS) is 38.6. The lowest BCUT2D eigenvalue weighted by Gasteiger charge is -2.52. The van der Waals surface area contributed by atoms with Gasteiger partial charge in [0.15, 0.2) is 0 Å². The minimum absolute atomic E-state index is 0.131. The number of anilines is 1. The van der Waals surface area contributed by atoms with Crippen LogP contribution in [0.4, 0.5) is 5.69 Å². The lowest BCUT2D eigenvalue weighted by Crippen LogP contribution is -2.50. The highest BCUT2D eigenvalue weighted by Gasteiger charge is 2.61. The van der Waals surface area contributed by atoms with Gasteiger partial charge in [0.05, 0.1) is 12.8 Å². The second kappa shape index (κ2) is 6.93. The van der Waals surface area contributed by atoms with E-state index in [1.165, 1.54) is 23.2 Å². The van der Waals surface area contributed by atoms with E-state index in [1.807, 2.05) is 0 Å². The van der Waals surface area contributed by atoms with Crippen LogP contribution in [-0.2, 0) is 6.42 Å². The highest BCUT2D eigenvalue weighted by Crippen LogP contribution is 2.64. The van der Waals surface area contributed by atoms with Gasteiger partial charge in [0.2, 0.25) is 0 Å². The molecule has 0 bridgehead atoms. The van der Waals surface area contributed by atoms with Gasteiger partial charge in [-0.1, -0.05) is 12.8 Å². The quantitative estimate of drug-likeness (QED) is 0.756. The summed E-state index contributed by atoms with van der Waals surface area (Å²) >= 11 is 0. The first-order valence-electron chi connectivity index (χ1n) is 11.4. The summed E-state index contributed by atoms with van der Waals surface area (Å²) in [6.07, 6.45) is 12.1. The molecule has 1 heterocycles. The number of methoxy groups -OCH3 is 1. The SMILES string of the molecule is C#C[C@@]1(O)CC[C@H]2[C@@H]3CCc4cc(OC)c(N5CCNCC5)cc4[C@H]3CC[C@@]21C. The second-order valence-corrected chi connectivity index (χ2v) is 9.87. The molecule has 0 amide bonds. The van der Waals surface area contributed by atoms with Crippen molar-refractivity contribution in [3.63, 3.8) is 0 Å². The maximum atomic E-state index is 11.2. The fraction of sp³-hybridized carbons (Fsp3) is 0.680. The fourth-order valence-electron chi connectivity index (χ4n) is 7.16. The Morgan fingerprint density at radius 2 is 2.00 bits per heavy atom. The van der Waals surface area contributed by atoms with Crippen LogP contribution >= 0.6 is 0 Å². The Hall–Kier alpha value is -1.70. The smallest absolute Gasteiger partial charge is 0.142 e. The predicted octanol–water partition coefficient (Wildman–Crippen LogP) is 3.33. The van der Waals surface area contributed by atoms with Crippen LogP contribution in [0.1, 0.15) is 56.1 Å². The number of nitrogens with one attached hydrogen (secondary N) is 1. The summed E-state index contributed by atoms with van der Waals surface area (Å²) < 4.78 is 5.81. The first kappa shape index (κ1) is 19.3. The third kappa shape index (κ3) is 2.74. The Bertz CT molecular complexity index is 840. The van der Waals surface area contributed by atoms with Crippen LogP contribution < -0.4 is 15.0 Å². The van der Waals surface area contributed by atoms with E-state index in [-0.39, 0.29) is 5.41 Å². The van der Waals surface area contributed by atoms with Crippen molar-refractivity contribution >= 4 is 5.69 Å². The Kier molecular flexibility index (Phi) is 4.60. The molecule has 4 aliphatic rings. The number of fused-ring (bicyclic) bond motifs is 5. The topological polar surface area (TPSA) is 44.7 Å². The fourth-order valence-corrected chi connectivity index (χ4v) is 7.16. The summed E-state index contributed by atoms with van der Waals surface area (Å²) in [6, 6.07) is 4.75. The van der Waals surface area contributed by atoms with Gasteiger partial charge in [0, 0.05) is 31.6 Å². The van der Waals surface area contributed by atoms with Gasteiger partial charge in [-0.3, -0.25) is 0 Å². The van der Waals surface area contributed by atoms with Crippen LogP contribution in [-0.4, -0.2) is 44.0 Å². The van der Waals surface area contributed by atoms with E-state index in [0.717, 1.165) is 64.0 Å². The van der Waals surface area contributed by atoms with Crippen molar-refractivity contribution in [2.45, 2.75) is 57.0 Å².